The Labute approximate surface area is 121 Å². The average Bonchev–Trinajstić information content (AvgIpc) is 2.40. The minimum atomic E-state index is -4.31. The Hall–Kier alpha value is -1.56. The standard InChI is InChI=1S/C15H18F3NO2/c16-15(17,18)13-3-1-2-12(8-13)10-19-6-4-11(5-7-19)9-14(20)21/h1-3,8,11H,4-7,9-10H2,(H,20,21). The lowest BCUT2D eigenvalue weighted by Crippen LogP contribution is -2.33. The summed E-state index contributed by atoms with van der Waals surface area (Å²) in [6.07, 6.45) is -2.57. The number of nitrogens with zero attached hydrogens (tertiary/aromatic N) is 1. The quantitative estimate of drug-likeness (QED) is 0.926. The van der Waals surface area contributed by atoms with Crippen molar-refractivity contribution in [3.05, 3.63) is 35.4 Å². The summed E-state index contributed by atoms with van der Waals surface area (Å²) in [5.74, 6) is -0.605. The van der Waals surface area contributed by atoms with E-state index in [4.69, 9.17) is 5.11 Å². The van der Waals surface area contributed by atoms with Crippen molar-refractivity contribution in [2.45, 2.75) is 32.0 Å². The summed E-state index contributed by atoms with van der Waals surface area (Å²) in [6.45, 7) is 1.94. The van der Waals surface area contributed by atoms with Crippen molar-refractivity contribution in [2.24, 2.45) is 5.92 Å². The number of carbonyl (C=O) groups is 1. The first-order valence-corrected chi connectivity index (χ1v) is 6.95. The molecule has 0 amide bonds. The highest BCUT2D eigenvalue weighted by atomic mass is 19.4. The predicted octanol–water partition coefficient (Wildman–Crippen LogP) is 3.39. The zero-order chi connectivity index (χ0) is 15.5. The smallest absolute Gasteiger partial charge is 0.416 e. The molecule has 0 atom stereocenters. The third kappa shape index (κ3) is 4.74. The van der Waals surface area contributed by atoms with Gasteiger partial charge in [-0.2, -0.15) is 13.2 Å². The molecule has 1 N–H and O–H groups in total. The second kappa shape index (κ2) is 6.47. The molecule has 2 rings (SSSR count). The Morgan fingerprint density at radius 2 is 1.95 bits per heavy atom. The van der Waals surface area contributed by atoms with Crippen LogP contribution in [0.15, 0.2) is 24.3 Å². The zero-order valence-electron chi connectivity index (χ0n) is 11.6. The van der Waals surface area contributed by atoms with Gasteiger partial charge in [0.25, 0.3) is 0 Å². The molecule has 0 bridgehead atoms. The molecule has 6 heteroatoms. The number of alkyl halides is 3. The van der Waals surface area contributed by atoms with E-state index in [0.29, 0.717) is 12.1 Å². The van der Waals surface area contributed by atoms with Crippen molar-refractivity contribution in [3.8, 4) is 0 Å². The zero-order valence-corrected chi connectivity index (χ0v) is 11.6. The van der Waals surface area contributed by atoms with Crippen LogP contribution in [-0.2, 0) is 17.5 Å². The van der Waals surface area contributed by atoms with Crippen LogP contribution < -0.4 is 0 Å². The number of rotatable bonds is 4. The Kier molecular flexibility index (Phi) is 4.88. The van der Waals surface area contributed by atoms with Gasteiger partial charge in [-0.1, -0.05) is 18.2 Å². The molecule has 1 saturated heterocycles. The van der Waals surface area contributed by atoms with E-state index in [1.165, 1.54) is 12.1 Å². The normalized spacial score (nSPS) is 17.9. The molecule has 0 unspecified atom stereocenters. The van der Waals surface area contributed by atoms with Crippen LogP contribution in [0.5, 0.6) is 0 Å². The van der Waals surface area contributed by atoms with Crippen LogP contribution in [0.4, 0.5) is 13.2 Å². The molecule has 0 aromatic heterocycles. The van der Waals surface area contributed by atoms with E-state index in [0.717, 1.165) is 32.0 Å². The topological polar surface area (TPSA) is 40.5 Å². The molecular formula is C15H18F3NO2. The van der Waals surface area contributed by atoms with Gasteiger partial charge in [0.05, 0.1) is 5.56 Å². The number of likely N-dealkylation sites (tertiary alicyclic amines) is 1. The lowest BCUT2D eigenvalue weighted by Gasteiger charge is -2.31. The fraction of sp³-hybridized carbons (Fsp3) is 0.533. The van der Waals surface area contributed by atoms with Gasteiger partial charge in [-0.05, 0) is 43.5 Å². The SMILES string of the molecule is O=C(O)CC1CCN(Cc2cccc(C(F)(F)F)c2)CC1. The number of aliphatic carboxylic acids is 1. The molecule has 1 aromatic carbocycles. The van der Waals surface area contributed by atoms with Gasteiger partial charge in [0.2, 0.25) is 0 Å². The van der Waals surface area contributed by atoms with Crippen LogP contribution in [0, 0.1) is 5.92 Å². The molecule has 116 valence electrons. The summed E-state index contributed by atoms with van der Waals surface area (Å²) >= 11 is 0. The second-order valence-corrected chi connectivity index (χ2v) is 5.52. The van der Waals surface area contributed by atoms with Gasteiger partial charge in [-0.3, -0.25) is 9.69 Å². The molecule has 1 aliphatic heterocycles. The molecule has 21 heavy (non-hydrogen) atoms. The van der Waals surface area contributed by atoms with Crippen molar-refractivity contribution in [1.29, 1.82) is 0 Å². The molecule has 1 aliphatic rings. The largest absolute Gasteiger partial charge is 0.481 e. The highest BCUT2D eigenvalue weighted by Gasteiger charge is 2.30. The van der Waals surface area contributed by atoms with Crippen LogP contribution in [0.1, 0.15) is 30.4 Å². The number of hydrogen-bond acceptors (Lipinski definition) is 2. The lowest BCUT2D eigenvalue weighted by molar-refractivity contribution is -0.139. The Morgan fingerprint density at radius 1 is 1.29 bits per heavy atom. The Balaban J connectivity index is 1.90. The summed E-state index contributed by atoms with van der Waals surface area (Å²) in [4.78, 5) is 12.7. The van der Waals surface area contributed by atoms with Crippen molar-refractivity contribution >= 4 is 5.97 Å². The molecule has 0 radical (unpaired) electrons. The number of hydrogen-bond donors (Lipinski definition) is 1. The molecule has 0 saturated carbocycles. The molecule has 1 aromatic rings. The molecule has 0 aliphatic carbocycles. The lowest BCUT2D eigenvalue weighted by atomic mass is 9.93. The fourth-order valence-corrected chi connectivity index (χ4v) is 2.70. The number of halogens is 3. The first-order valence-electron chi connectivity index (χ1n) is 6.95. The molecule has 3 nitrogen and oxygen atoms in total. The molecular weight excluding hydrogens is 283 g/mol. The van der Waals surface area contributed by atoms with E-state index < -0.39 is 17.7 Å². The van der Waals surface area contributed by atoms with Gasteiger partial charge < -0.3 is 5.11 Å². The summed E-state index contributed by atoms with van der Waals surface area (Å²) < 4.78 is 37.9. The van der Waals surface area contributed by atoms with Gasteiger partial charge in [-0.25, -0.2) is 0 Å². The Morgan fingerprint density at radius 3 is 2.52 bits per heavy atom. The average molecular weight is 301 g/mol. The van der Waals surface area contributed by atoms with Crippen LogP contribution in [0.25, 0.3) is 0 Å². The Bertz CT molecular complexity index is 494. The molecule has 0 spiro atoms. The number of piperidine rings is 1. The van der Waals surface area contributed by atoms with E-state index >= 15 is 0 Å². The highest BCUT2D eigenvalue weighted by molar-refractivity contribution is 5.67. The van der Waals surface area contributed by atoms with Crippen LogP contribution in [-0.4, -0.2) is 29.1 Å². The van der Waals surface area contributed by atoms with Gasteiger partial charge in [0.15, 0.2) is 0 Å². The third-order valence-corrected chi connectivity index (χ3v) is 3.83. The van der Waals surface area contributed by atoms with Crippen LogP contribution in [0.2, 0.25) is 0 Å². The minimum Gasteiger partial charge on any atom is -0.481 e. The van der Waals surface area contributed by atoms with Crippen LogP contribution >= 0.6 is 0 Å². The first-order chi connectivity index (χ1) is 9.84. The van der Waals surface area contributed by atoms with E-state index in [-0.39, 0.29) is 12.3 Å². The number of carboxylic acid groups (broad SMARTS) is 1. The molecule has 1 fully saturated rings. The van der Waals surface area contributed by atoms with Crippen molar-refractivity contribution in [1.82, 2.24) is 4.90 Å². The maximum absolute atomic E-state index is 12.6. The van der Waals surface area contributed by atoms with Crippen LogP contribution in [0.3, 0.4) is 0 Å². The number of carboxylic acids is 1. The minimum absolute atomic E-state index is 0.178. The maximum atomic E-state index is 12.6. The second-order valence-electron chi connectivity index (χ2n) is 5.52. The summed E-state index contributed by atoms with van der Waals surface area (Å²) in [5.41, 5.74) is 0.0160. The van der Waals surface area contributed by atoms with E-state index in [1.807, 2.05) is 0 Å². The number of benzene rings is 1. The van der Waals surface area contributed by atoms with E-state index in [2.05, 4.69) is 4.90 Å². The molecule has 1 heterocycles. The highest BCUT2D eigenvalue weighted by Crippen LogP contribution is 2.30. The third-order valence-electron chi connectivity index (χ3n) is 3.83. The maximum Gasteiger partial charge on any atom is 0.416 e. The van der Waals surface area contributed by atoms with E-state index in [9.17, 15) is 18.0 Å². The summed E-state index contributed by atoms with van der Waals surface area (Å²) in [5, 5.41) is 8.75. The summed E-state index contributed by atoms with van der Waals surface area (Å²) in [7, 11) is 0. The van der Waals surface area contributed by atoms with Gasteiger partial charge in [0, 0.05) is 13.0 Å². The summed E-state index contributed by atoms with van der Waals surface area (Å²) in [6, 6.07) is 5.37. The predicted molar refractivity (Wildman–Crippen MR) is 71.7 cm³/mol. The van der Waals surface area contributed by atoms with Gasteiger partial charge >= 0.3 is 12.1 Å². The van der Waals surface area contributed by atoms with Crippen molar-refractivity contribution in [2.75, 3.05) is 13.1 Å². The van der Waals surface area contributed by atoms with Crippen molar-refractivity contribution < 1.29 is 23.1 Å². The van der Waals surface area contributed by atoms with Crippen molar-refractivity contribution in [3.63, 3.8) is 0 Å². The first kappa shape index (κ1) is 15.8. The van der Waals surface area contributed by atoms with E-state index in [1.54, 1.807) is 6.07 Å². The van der Waals surface area contributed by atoms with Gasteiger partial charge in [0.1, 0.15) is 0 Å². The fourth-order valence-electron chi connectivity index (χ4n) is 2.70. The van der Waals surface area contributed by atoms with Gasteiger partial charge in [-0.15, -0.1) is 0 Å². The monoisotopic (exact) mass is 301 g/mol.